The highest BCUT2D eigenvalue weighted by Crippen LogP contribution is 2.35. The minimum atomic E-state index is -0.768. The van der Waals surface area contributed by atoms with Crippen LogP contribution in [0.15, 0.2) is 65.7 Å². The molecule has 9 heteroatoms. The molecule has 1 aliphatic heterocycles. The Bertz CT molecular complexity index is 1620. The normalized spacial score (nSPS) is 18.2. The van der Waals surface area contributed by atoms with Crippen LogP contribution in [0.5, 0.6) is 0 Å². The summed E-state index contributed by atoms with van der Waals surface area (Å²) in [7, 11) is 0. The van der Waals surface area contributed by atoms with Gasteiger partial charge in [0, 0.05) is 12.2 Å². The smallest absolute Gasteiger partial charge is 0.280 e. The van der Waals surface area contributed by atoms with Crippen molar-refractivity contribution >= 4 is 16.6 Å². The third kappa shape index (κ3) is 2.74. The van der Waals surface area contributed by atoms with E-state index in [1.54, 1.807) is 15.3 Å². The SMILES string of the molecule is CC1(n2c(=O)c3c(-c4c(-c5ccccc5)nnn4C#N)ncn3c3ccccc32)CCCO1. The van der Waals surface area contributed by atoms with Crippen molar-refractivity contribution in [3.8, 4) is 28.8 Å². The summed E-state index contributed by atoms with van der Waals surface area (Å²) in [5.41, 5.74) is 2.92. The highest BCUT2D eigenvalue weighted by atomic mass is 16.5. The Labute approximate surface area is 188 Å². The second-order valence-electron chi connectivity index (χ2n) is 8.23. The van der Waals surface area contributed by atoms with Gasteiger partial charge in [-0.3, -0.25) is 13.8 Å². The van der Waals surface area contributed by atoms with Gasteiger partial charge in [-0.2, -0.15) is 5.26 Å². The second kappa shape index (κ2) is 7.12. The third-order valence-electron chi connectivity index (χ3n) is 6.26. The van der Waals surface area contributed by atoms with Crippen LogP contribution < -0.4 is 5.56 Å². The Kier molecular flexibility index (Phi) is 4.18. The fourth-order valence-corrected chi connectivity index (χ4v) is 4.75. The lowest BCUT2D eigenvalue weighted by Crippen LogP contribution is -2.39. The van der Waals surface area contributed by atoms with Crippen LogP contribution in [0.3, 0.4) is 0 Å². The quantitative estimate of drug-likeness (QED) is 0.429. The minimum Gasteiger partial charge on any atom is -0.355 e. The van der Waals surface area contributed by atoms with Gasteiger partial charge in [0.15, 0.2) is 0 Å². The molecule has 9 nitrogen and oxygen atoms in total. The van der Waals surface area contributed by atoms with Crippen LogP contribution in [-0.2, 0) is 10.5 Å². The molecule has 0 spiro atoms. The molecule has 0 N–H and O–H groups in total. The Balaban J connectivity index is 1.74. The van der Waals surface area contributed by atoms with E-state index in [0.29, 0.717) is 29.2 Å². The molecule has 5 aromatic rings. The van der Waals surface area contributed by atoms with Crippen molar-refractivity contribution < 1.29 is 4.74 Å². The number of imidazole rings is 1. The number of aromatic nitrogens is 6. The topological polar surface area (TPSA) is 103 Å². The van der Waals surface area contributed by atoms with Crippen LogP contribution in [0.1, 0.15) is 19.8 Å². The fourth-order valence-electron chi connectivity index (χ4n) is 4.75. The fraction of sp³-hybridized carbons (Fsp3) is 0.208. The monoisotopic (exact) mass is 437 g/mol. The van der Waals surface area contributed by atoms with Gasteiger partial charge in [-0.05, 0) is 31.9 Å². The first kappa shape index (κ1) is 19.4. The Morgan fingerprint density at radius 2 is 1.82 bits per heavy atom. The first-order chi connectivity index (χ1) is 16.1. The van der Waals surface area contributed by atoms with E-state index in [2.05, 4.69) is 15.3 Å². The summed E-state index contributed by atoms with van der Waals surface area (Å²) < 4.78 is 10.7. The van der Waals surface area contributed by atoms with Gasteiger partial charge in [0.2, 0.25) is 6.19 Å². The molecular weight excluding hydrogens is 418 g/mol. The van der Waals surface area contributed by atoms with Crippen molar-refractivity contribution in [2.45, 2.75) is 25.5 Å². The summed E-state index contributed by atoms with van der Waals surface area (Å²) >= 11 is 0. The molecule has 33 heavy (non-hydrogen) atoms. The summed E-state index contributed by atoms with van der Waals surface area (Å²) in [5.74, 6) is 0. The number of para-hydroxylation sites is 2. The maximum absolute atomic E-state index is 14.0. The van der Waals surface area contributed by atoms with Gasteiger partial charge in [-0.1, -0.05) is 47.7 Å². The van der Waals surface area contributed by atoms with Crippen LogP contribution in [0.2, 0.25) is 0 Å². The lowest BCUT2D eigenvalue weighted by Gasteiger charge is -2.28. The molecule has 0 saturated carbocycles. The first-order valence-electron chi connectivity index (χ1n) is 10.7. The Hall–Kier alpha value is -4.29. The van der Waals surface area contributed by atoms with Crippen molar-refractivity contribution in [3.05, 3.63) is 71.3 Å². The van der Waals surface area contributed by atoms with Crippen molar-refractivity contribution in [3.63, 3.8) is 0 Å². The summed E-state index contributed by atoms with van der Waals surface area (Å²) in [6.45, 7) is 2.54. The first-order valence-corrected chi connectivity index (χ1v) is 10.7. The van der Waals surface area contributed by atoms with E-state index in [-0.39, 0.29) is 5.56 Å². The minimum absolute atomic E-state index is 0.240. The maximum Gasteiger partial charge on any atom is 0.280 e. The molecule has 6 rings (SSSR count). The van der Waals surface area contributed by atoms with E-state index in [0.717, 1.165) is 34.1 Å². The summed E-state index contributed by atoms with van der Waals surface area (Å²) in [5, 5.41) is 18.0. The number of nitriles is 1. The molecule has 3 aromatic heterocycles. The van der Waals surface area contributed by atoms with Gasteiger partial charge in [0.1, 0.15) is 34.7 Å². The van der Waals surface area contributed by atoms with Gasteiger partial charge >= 0.3 is 0 Å². The highest BCUT2D eigenvalue weighted by molar-refractivity contribution is 5.88. The van der Waals surface area contributed by atoms with Crippen molar-refractivity contribution in [1.29, 1.82) is 5.26 Å². The predicted octanol–water partition coefficient (Wildman–Crippen LogP) is 3.39. The van der Waals surface area contributed by atoms with Crippen LogP contribution in [0.4, 0.5) is 0 Å². The number of fused-ring (bicyclic) bond motifs is 3. The average Bonchev–Trinajstić information content (AvgIpc) is 3.58. The molecule has 1 atom stereocenters. The largest absolute Gasteiger partial charge is 0.355 e. The third-order valence-corrected chi connectivity index (χ3v) is 6.26. The van der Waals surface area contributed by atoms with E-state index in [4.69, 9.17) is 4.74 Å². The highest BCUT2D eigenvalue weighted by Gasteiger charge is 2.36. The molecule has 0 amide bonds. The molecule has 162 valence electrons. The lowest BCUT2D eigenvalue weighted by molar-refractivity contribution is -0.0447. The van der Waals surface area contributed by atoms with Crippen LogP contribution in [0.25, 0.3) is 39.2 Å². The van der Waals surface area contributed by atoms with Gasteiger partial charge in [-0.25, -0.2) is 4.98 Å². The molecule has 2 aromatic carbocycles. The zero-order valence-corrected chi connectivity index (χ0v) is 17.8. The summed E-state index contributed by atoms with van der Waals surface area (Å²) in [6.07, 6.45) is 5.24. The predicted molar refractivity (Wildman–Crippen MR) is 121 cm³/mol. The average molecular weight is 437 g/mol. The zero-order valence-electron chi connectivity index (χ0n) is 17.8. The molecule has 0 bridgehead atoms. The molecule has 0 aliphatic carbocycles. The number of ether oxygens (including phenoxy) is 1. The molecule has 1 fully saturated rings. The number of rotatable bonds is 3. The Morgan fingerprint density at radius 3 is 2.55 bits per heavy atom. The molecule has 4 heterocycles. The van der Waals surface area contributed by atoms with Crippen LogP contribution in [-0.4, -0.2) is 35.6 Å². The molecule has 0 radical (unpaired) electrons. The van der Waals surface area contributed by atoms with E-state index < -0.39 is 5.72 Å². The maximum atomic E-state index is 14.0. The van der Waals surface area contributed by atoms with Crippen LogP contribution >= 0.6 is 0 Å². The van der Waals surface area contributed by atoms with Crippen molar-refractivity contribution in [1.82, 2.24) is 28.9 Å². The lowest BCUT2D eigenvalue weighted by atomic mass is 10.1. The zero-order chi connectivity index (χ0) is 22.6. The van der Waals surface area contributed by atoms with E-state index in [1.807, 2.05) is 67.7 Å². The molecular formula is C24H19N7O2. The summed E-state index contributed by atoms with van der Waals surface area (Å²) in [6, 6.07) is 17.1. The number of hydrogen-bond donors (Lipinski definition) is 0. The van der Waals surface area contributed by atoms with Gasteiger partial charge in [0.05, 0.1) is 11.0 Å². The van der Waals surface area contributed by atoms with Gasteiger partial charge in [0.25, 0.3) is 5.56 Å². The van der Waals surface area contributed by atoms with E-state index in [1.165, 1.54) is 0 Å². The van der Waals surface area contributed by atoms with Crippen molar-refractivity contribution in [2.75, 3.05) is 6.61 Å². The summed E-state index contributed by atoms with van der Waals surface area (Å²) in [4.78, 5) is 18.6. The van der Waals surface area contributed by atoms with Crippen LogP contribution in [0, 0.1) is 11.5 Å². The van der Waals surface area contributed by atoms with Crippen molar-refractivity contribution in [2.24, 2.45) is 0 Å². The van der Waals surface area contributed by atoms with Gasteiger partial charge < -0.3 is 4.74 Å². The number of nitrogens with zero attached hydrogens (tertiary/aromatic N) is 7. The Morgan fingerprint density at radius 1 is 1.06 bits per heavy atom. The van der Waals surface area contributed by atoms with E-state index >= 15 is 0 Å². The molecule has 1 aliphatic rings. The standard InChI is InChI=1S/C24H19N7O2/c1-24(12-7-13-33-24)31-18-11-6-5-10-17(18)29-15-26-20(22(29)23(31)32)21-19(27-28-30(21)14-25)16-8-3-2-4-9-16/h2-6,8-11,15H,7,12-13H2,1H3. The molecule has 1 saturated heterocycles. The molecule has 1 unspecified atom stereocenters. The van der Waals surface area contributed by atoms with Gasteiger partial charge in [-0.15, -0.1) is 9.78 Å². The number of benzene rings is 2. The second-order valence-corrected chi connectivity index (χ2v) is 8.23. The van der Waals surface area contributed by atoms with E-state index in [9.17, 15) is 10.1 Å². The number of hydrogen-bond acceptors (Lipinski definition) is 6.